The van der Waals surface area contributed by atoms with Crippen LogP contribution >= 0.6 is 23.2 Å². The molecule has 1 fully saturated rings. The van der Waals surface area contributed by atoms with Crippen molar-refractivity contribution in [2.24, 2.45) is 0 Å². The van der Waals surface area contributed by atoms with E-state index in [4.69, 9.17) is 23.2 Å². The predicted octanol–water partition coefficient (Wildman–Crippen LogP) is 3.03. The quantitative estimate of drug-likeness (QED) is 0.677. The first-order valence-electron chi connectivity index (χ1n) is 8.91. The van der Waals surface area contributed by atoms with Crippen LogP contribution < -0.4 is 10.6 Å². The number of amides is 2. The lowest BCUT2D eigenvalue weighted by Gasteiger charge is -2.15. The summed E-state index contributed by atoms with van der Waals surface area (Å²) in [7, 11) is -3.48. The summed E-state index contributed by atoms with van der Waals surface area (Å²) in [6, 6.07) is 10.7. The maximum absolute atomic E-state index is 12.5. The van der Waals surface area contributed by atoms with Crippen LogP contribution in [0.1, 0.15) is 18.4 Å². The van der Waals surface area contributed by atoms with Crippen LogP contribution in [-0.4, -0.2) is 37.6 Å². The summed E-state index contributed by atoms with van der Waals surface area (Å²) in [4.78, 5) is 24.2. The van der Waals surface area contributed by atoms with E-state index in [0.29, 0.717) is 29.4 Å². The van der Waals surface area contributed by atoms with Crippen molar-refractivity contribution < 1.29 is 18.0 Å². The Balaban J connectivity index is 1.55. The third kappa shape index (κ3) is 5.27. The van der Waals surface area contributed by atoms with Gasteiger partial charge in [0.1, 0.15) is 0 Å². The van der Waals surface area contributed by atoms with Gasteiger partial charge in [0.25, 0.3) is 0 Å². The standard InChI is InChI=1S/C19H19Cl2N3O4S/c20-16-8-5-14(11-17(16)21)23-19(26)18(25)22-12-13-3-6-15(7-4-13)29(27,28)24-9-1-2-10-24/h3-8,11H,1-2,9-10,12H2,(H,22,25)(H,23,26). The van der Waals surface area contributed by atoms with E-state index in [2.05, 4.69) is 10.6 Å². The number of anilines is 1. The molecular weight excluding hydrogens is 437 g/mol. The average Bonchev–Trinajstić information content (AvgIpc) is 3.25. The first-order valence-corrected chi connectivity index (χ1v) is 11.1. The van der Waals surface area contributed by atoms with Gasteiger partial charge in [-0.3, -0.25) is 9.59 Å². The Labute approximate surface area is 179 Å². The van der Waals surface area contributed by atoms with Crippen molar-refractivity contribution >= 4 is 50.7 Å². The fourth-order valence-electron chi connectivity index (χ4n) is 2.88. The van der Waals surface area contributed by atoms with Gasteiger partial charge in [-0.2, -0.15) is 4.31 Å². The second-order valence-electron chi connectivity index (χ2n) is 6.52. The Morgan fingerprint density at radius 1 is 0.931 bits per heavy atom. The summed E-state index contributed by atoms with van der Waals surface area (Å²) in [5.41, 5.74) is 1.01. The van der Waals surface area contributed by atoms with E-state index in [1.807, 2.05) is 0 Å². The van der Waals surface area contributed by atoms with Crippen molar-refractivity contribution in [2.45, 2.75) is 24.3 Å². The lowest BCUT2D eigenvalue weighted by atomic mass is 10.2. The normalized spacial score (nSPS) is 14.6. The summed E-state index contributed by atoms with van der Waals surface area (Å²) in [6.07, 6.45) is 1.74. The van der Waals surface area contributed by atoms with Gasteiger partial charge in [-0.1, -0.05) is 35.3 Å². The van der Waals surface area contributed by atoms with Gasteiger partial charge >= 0.3 is 11.8 Å². The highest BCUT2D eigenvalue weighted by Gasteiger charge is 2.26. The Morgan fingerprint density at radius 3 is 2.21 bits per heavy atom. The molecule has 154 valence electrons. The zero-order chi connectivity index (χ0) is 21.0. The molecule has 0 aliphatic carbocycles. The molecule has 0 aromatic heterocycles. The molecule has 3 rings (SSSR count). The summed E-state index contributed by atoms with van der Waals surface area (Å²) < 4.78 is 26.5. The molecule has 10 heteroatoms. The Morgan fingerprint density at radius 2 is 1.59 bits per heavy atom. The number of halogens is 2. The monoisotopic (exact) mass is 455 g/mol. The number of carbonyl (C=O) groups excluding carboxylic acids is 2. The highest BCUT2D eigenvalue weighted by Crippen LogP contribution is 2.25. The van der Waals surface area contributed by atoms with Gasteiger partial charge in [0.15, 0.2) is 0 Å². The van der Waals surface area contributed by atoms with Crippen molar-refractivity contribution in [3.8, 4) is 0 Å². The van der Waals surface area contributed by atoms with Crippen molar-refractivity contribution in [3.05, 3.63) is 58.1 Å². The lowest BCUT2D eigenvalue weighted by Crippen LogP contribution is -2.35. The van der Waals surface area contributed by atoms with Crippen LogP contribution in [0.2, 0.25) is 10.0 Å². The lowest BCUT2D eigenvalue weighted by molar-refractivity contribution is -0.136. The van der Waals surface area contributed by atoms with E-state index in [-0.39, 0.29) is 16.5 Å². The Hall–Kier alpha value is -2.13. The number of hydrogen-bond donors (Lipinski definition) is 2. The molecule has 0 bridgehead atoms. The smallest absolute Gasteiger partial charge is 0.313 e. The number of rotatable bonds is 5. The fraction of sp³-hybridized carbons (Fsp3) is 0.263. The molecule has 29 heavy (non-hydrogen) atoms. The van der Waals surface area contributed by atoms with E-state index in [9.17, 15) is 18.0 Å². The average molecular weight is 456 g/mol. The Bertz CT molecular complexity index is 1020. The topological polar surface area (TPSA) is 95.6 Å². The first kappa shape index (κ1) is 21.6. The zero-order valence-electron chi connectivity index (χ0n) is 15.3. The van der Waals surface area contributed by atoms with Crippen LogP contribution in [0.4, 0.5) is 5.69 Å². The minimum absolute atomic E-state index is 0.0810. The van der Waals surface area contributed by atoms with Crippen LogP contribution in [0, 0.1) is 0 Å². The molecule has 0 radical (unpaired) electrons. The maximum Gasteiger partial charge on any atom is 0.313 e. The molecule has 1 aliphatic heterocycles. The van der Waals surface area contributed by atoms with Gasteiger partial charge in [-0.25, -0.2) is 8.42 Å². The van der Waals surface area contributed by atoms with E-state index < -0.39 is 21.8 Å². The highest BCUT2D eigenvalue weighted by molar-refractivity contribution is 7.89. The van der Waals surface area contributed by atoms with Gasteiger partial charge in [0.05, 0.1) is 14.9 Å². The molecule has 0 saturated carbocycles. The molecular formula is C19H19Cl2N3O4S. The summed E-state index contributed by atoms with van der Waals surface area (Å²) in [5.74, 6) is -1.68. The summed E-state index contributed by atoms with van der Waals surface area (Å²) in [6.45, 7) is 1.15. The third-order valence-electron chi connectivity index (χ3n) is 4.46. The SMILES string of the molecule is O=C(NCc1ccc(S(=O)(=O)N2CCCC2)cc1)C(=O)Nc1ccc(Cl)c(Cl)c1. The molecule has 1 saturated heterocycles. The van der Waals surface area contributed by atoms with Crippen LogP contribution in [-0.2, 0) is 26.2 Å². The van der Waals surface area contributed by atoms with Crippen LogP contribution in [0.3, 0.4) is 0 Å². The summed E-state index contributed by atoms with van der Waals surface area (Å²) in [5, 5.41) is 5.51. The number of benzene rings is 2. The zero-order valence-corrected chi connectivity index (χ0v) is 17.6. The van der Waals surface area contributed by atoms with Crippen molar-refractivity contribution in [3.63, 3.8) is 0 Å². The van der Waals surface area contributed by atoms with Gasteiger partial charge in [-0.15, -0.1) is 0 Å². The molecule has 1 aliphatic rings. The molecule has 1 heterocycles. The van der Waals surface area contributed by atoms with Crippen LogP contribution in [0.5, 0.6) is 0 Å². The van der Waals surface area contributed by atoms with E-state index in [1.165, 1.54) is 34.6 Å². The van der Waals surface area contributed by atoms with Gasteiger partial charge in [-0.05, 0) is 48.7 Å². The Kier molecular flexibility index (Phi) is 6.79. The van der Waals surface area contributed by atoms with Crippen LogP contribution in [0.15, 0.2) is 47.4 Å². The van der Waals surface area contributed by atoms with Crippen molar-refractivity contribution in [2.75, 3.05) is 18.4 Å². The van der Waals surface area contributed by atoms with Crippen molar-refractivity contribution in [1.29, 1.82) is 0 Å². The van der Waals surface area contributed by atoms with Crippen LogP contribution in [0.25, 0.3) is 0 Å². The number of sulfonamides is 1. The summed E-state index contributed by atoms with van der Waals surface area (Å²) >= 11 is 11.7. The predicted molar refractivity (Wildman–Crippen MR) is 111 cm³/mol. The molecule has 2 amide bonds. The number of nitrogens with one attached hydrogen (secondary N) is 2. The second kappa shape index (κ2) is 9.13. The van der Waals surface area contributed by atoms with E-state index >= 15 is 0 Å². The highest BCUT2D eigenvalue weighted by atomic mass is 35.5. The maximum atomic E-state index is 12.5. The minimum atomic E-state index is -3.48. The number of hydrogen-bond acceptors (Lipinski definition) is 4. The molecule has 0 atom stereocenters. The minimum Gasteiger partial charge on any atom is -0.344 e. The fourth-order valence-corrected chi connectivity index (χ4v) is 4.70. The molecule has 2 N–H and O–H groups in total. The number of nitrogens with zero attached hydrogens (tertiary/aromatic N) is 1. The first-order chi connectivity index (χ1) is 13.8. The molecule has 2 aromatic carbocycles. The van der Waals surface area contributed by atoms with Gasteiger partial charge in [0, 0.05) is 25.3 Å². The largest absolute Gasteiger partial charge is 0.344 e. The molecule has 2 aromatic rings. The van der Waals surface area contributed by atoms with Crippen molar-refractivity contribution in [1.82, 2.24) is 9.62 Å². The number of carbonyl (C=O) groups is 2. The molecule has 7 nitrogen and oxygen atoms in total. The second-order valence-corrected chi connectivity index (χ2v) is 9.27. The van der Waals surface area contributed by atoms with E-state index in [0.717, 1.165) is 12.8 Å². The van der Waals surface area contributed by atoms with Gasteiger partial charge in [0.2, 0.25) is 10.0 Å². The molecule has 0 unspecified atom stereocenters. The van der Waals surface area contributed by atoms with Gasteiger partial charge < -0.3 is 10.6 Å². The van der Waals surface area contributed by atoms with E-state index in [1.54, 1.807) is 12.1 Å². The third-order valence-corrected chi connectivity index (χ3v) is 7.11. The molecule has 0 spiro atoms.